The number of hydrogen-bond donors (Lipinski definition) is 6. The van der Waals surface area contributed by atoms with Gasteiger partial charge in [-0.1, -0.05) is 6.07 Å². The van der Waals surface area contributed by atoms with E-state index in [9.17, 15) is 14.4 Å². The summed E-state index contributed by atoms with van der Waals surface area (Å²) >= 11 is 0. The number of carbonyl (C=O) groups excluding carboxylic acids is 1. The number of carbonyl (C=O) groups is 1. The van der Waals surface area contributed by atoms with Gasteiger partial charge in [-0.3, -0.25) is 24.4 Å². The van der Waals surface area contributed by atoms with Gasteiger partial charge in [0, 0.05) is 18.0 Å². The van der Waals surface area contributed by atoms with E-state index in [0.29, 0.717) is 22.7 Å². The molecule has 0 saturated carbocycles. The topological polar surface area (TPSA) is 245 Å². The van der Waals surface area contributed by atoms with Crippen molar-refractivity contribution in [3.63, 3.8) is 0 Å². The molecule has 0 atom stereocenters. The highest BCUT2D eigenvalue weighted by Gasteiger charge is 2.19. The number of nitrogens with one attached hydrogen (secondary N) is 5. The summed E-state index contributed by atoms with van der Waals surface area (Å²) in [6, 6.07) is 8.88. The average Bonchev–Trinajstić information content (AvgIpc) is 3.54. The molecule has 188 valence electrons. The lowest BCUT2D eigenvalue weighted by Crippen LogP contribution is -2.26. The number of rotatable bonds is 5. The number of pyridine rings is 1. The lowest BCUT2D eigenvalue weighted by molar-refractivity contribution is -0.116. The van der Waals surface area contributed by atoms with E-state index in [0.717, 1.165) is 10.4 Å². The molecule has 1 amide bonds. The van der Waals surface area contributed by atoms with Crippen molar-refractivity contribution in [2.45, 2.75) is 6.92 Å². The number of aromatic nitrogens is 9. The third-order valence-corrected chi connectivity index (χ3v) is 5.39. The van der Waals surface area contributed by atoms with Gasteiger partial charge in [-0.05, 0) is 34.7 Å². The maximum Gasteiger partial charge on any atom is 0.278 e. The molecule has 7 N–H and O–H groups in total. The molecule has 0 aliphatic heterocycles. The molecule has 5 aromatic heterocycles. The normalized spacial score (nSPS) is 11.6. The van der Waals surface area contributed by atoms with E-state index < -0.39 is 17.0 Å². The molecular weight excluding hydrogens is 496 g/mol. The maximum atomic E-state index is 12.8. The van der Waals surface area contributed by atoms with Crippen LogP contribution in [0.4, 0.5) is 17.6 Å². The summed E-state index contributed by atoms with van der Waals surface area (Å²) < 4.78 is 0. The minimum absolute atomic E-state index is 0.0299. The molecule has 0 aliphatic carbocycles. The fraction of sp³-hybridized carbons (Fsp3) is 0.0476. The first-order valence-corrected chi connectivity index (χ1v) is 10.9. The molecule has 0 saturated heterocycles. The van der Waals surface area contributed by atoms with Crippen LogP contribution in [0.2, 0.25) is 0 Å². The zero-order chi connectivity index (χ0) is 26.4. The number of nitrogen functional groups attached to an aromatic ring is 1. The van der Waals surface area contributed by atoms with Gasteiger partial charge in [0.15, 0.2) is 28.2 Å². The van der Waals surface area contributed by atoms with Crippen LogP contribution in [-0.2, 0) is 4.79 Å². The Labute approximate surface area is 209 Å². The molecule has 5 heterocycles. The number of amides is 1. The average molecular weight is 512 g/mol. The van der Waals surface area contributed by atoms with Crippen LogP contribution >= 0.6 is 0 Å². The molecule has 6 aromatic rings. The lowest BCUT2D eigenvalue weighted by atomic mass is 10.2. The van der Waals surface area contributed by atoms with Crippen LogP contribution in [0.1, 0.15) is 6.92 Å². The summed E-state index contributed by atoms with van der Waals surface area (Å²) in [4.78, 5) is 68.6. The number of anilines is 3. The summed E-state index contributed by atoms with van der Waals surface area (Å²) in [5.41, 5.74) is 9.39. The third kappa shape index (κ3) is 3.94. The summed E-state index contributed by atoms with van der Waals surface area (Å²) in [7, 11) is 0. The molecule has 0 unspecified atom stereocenters. The zero-order valence-electron chi connectivity index (χ0n) is 19.3. The van der Waals surface area contributed by atoms with Crippen molar-refractivity contribution in [1.29, 1.82) is 0 Å². The van der Waals surface area contributed by atoms with Crippen LogP contribution in [0.25, 0.3) is 44.7 Å². The first kappa shape index (κ1) is 22.5. The standard InChI is InChI=1S/C21H16N14O3/c1-8(36)35(34-33-32-20-28-16-13(18(37)30-20)23-7-24-16)21-29-17-14(19(38)31-21)26-15(27-17)12-4-2-9-6-10(22)3-5-11(9)25-12/h2-7H,22H2,1H3,(H2,26,27,29,31,38)(H3,23,24,28,30,32,34,37). The number of benzene rings is 1. The Morgan fingerprint density at radius 2 is 1.82 bits per heavy atom. The smallest absolute Gasteiger partial charge is 0.278 e. The summed E-state index contributed by atoms with van der Waals surface area (Å²) in [5, 5.41) is 9.02. The highest BCUT2D eigenvalue weighted by molar-refractivity contribution is 5.89. The Morgan fingerprint density at radius 3 is 2.66 bits per heavy atom. The Bertz CT molecular complexity index is 2020. The molecule has 0 aliphatic rings. The Balaban J connectivity index is 1.31. The largest absolute Gasteiger partial charge is 0.399 e. The minimum Gasteiger partial charge on any atom is -0.399 e. The second kappa shape index (κ2) is 8.59. The van der Waals surface area contributed by atoms with Crippen molar-refractivity contribution < 1.29 is 4.79 Å². The first-order valence-electron chi connectivity index (χ1n) is 10.9. The minimum atomic E-state index is -0.617. The van der Waals surface area contributed by atoms with Crippen LogP contribution in [-0.4, -0.2) is 50.8 Å². The van der Waals surface area contributed by atoms with Crippen LogP contribution in [0.5, 0.6) is 0 Å². The van der Waals surface area contributed by atoms with Crippen LogP contribution in [0, 0.1) is 0 Å². The zero-order valence-corrected chi connectivity index (χ0v) is 19.3. The number of hydrogen-bond acceptors (Lipinski definition) is 11. The van der Waals surface area contributed by atoms with Gasteiger partial charge in [-0.25, -0.2) is 20.4 Å². The molecule has 6 rings (SSSR count). The van der Waals surface area contributed by atoms with Gasteiger partial charge in [0.25, 0.3) is 11.1 Å². The molecule has 17 heteroatoms. The van der Waals surface area contributed by atoms with Gasteiger partial charge in [0.1, 0.15) is 5.69 Å². The van der Waals surface area contributed by atoms with Crippen LogP contribution in [0.15, 0.2) is 56.7 Å². The summed E-state index contributed by atoms with van der Waals surface area (Å²) in [6.45, 7) is 1.20. The van der Waals surface area contributed by atoms with E-state index in [1.807, 2.05) is 6.07 Å². The number of imidazole rings is 2. The molecule has 0 bridgehead atoms. The predicted octanol–water partition coefficient (Wildman–Crippen LogP) is 1.15. The van der Waals surface area contributed by atoms with E-state index in [4.69, 9.17) is 5.73 Å². The SMILES string of the molecule is CC(=O)N(N=NNc1nc2nc[nH]c2c(=O)[nH]1)c1nc2nc(-c3ccc4cc(N)ccc4n3)[nH]c2c(=O)[nH]1. The maximum absolute atomic E-state index is 12.8. The Hall–Kier alpha value is -6.00. The number of H-pyrrole nitrogens is 4. The van der Waals surface area contributed by atoms with Gasteiger partial charge in [-0.2, -0.15) is 9.97 Å². The summed E-state index contributed by atoms with van der Waals surface area (Å²) in [6.07, 6.45) is 1.32. The van der Waals surface area contributed by atoms with E-state index in [2.05, 4.69) is 60.7 Å². The highest BCUT2D eigenvalue weighted by Crippen LogP contribution is 2.22. The summed E-state index contributed by atoms with van der Waals surface area (Å²) in [5.74, 6) is -0.616. The molecule has 0 radical (unpaired) electrons. The van der Waals surface area contributed by atoms with Crippen molar-refractivity contribution in [2.24, 2.45) is 10.4 Å². The monoisotopic (exact) mass is 512 g/mol. The number of nitrogens with two attached hydrogens (primary N) is 1. The van der Waals surface area contributed by atoms with Gasteiger partial charge >= 0.3 is 0 Å². The molecule has 38 heavy (non-hydrogen) atoms. The molecule has 1 aromatic carbocycles. The molecule has 0 fully saturated rings. The van der Waals surface area contributed by atoms with Crippen LogP contribution < -0.4 is 27.3 Å². The highest BCUT2D eigenvalue weighted by atomic mass is 16.2. The van der Waals surface area contributed by atoms with Crippen molar-refractivity contribution in [3.8, 4) is 11.5 Å². The van der Waals surface area contributed by atoms with Crippen molar-refractivity contribution >= 4 is 56.7 Å². The Kier molecular flexibility index (Phi) is 5.08. The quantitative estimate of drug-likeness (QED) is 0.109. The predicted molar refractivity (Wildman–Crippen MR) is 136 cm³/mol. The Morgan fingerprint density at radius 1 is 0.974 bits per heavy atom. The van der Waals surface area contributed by atoms with Gasteiger partial charge in [-0.15, -0.1) is 5.01 Å². The van der Waals surface area contributed by atoms with Crippen molar-refractivity contribution in [2.75, 3.05) is 16.2 Å². The van der Waals surface area contributed by atoms with Gasteiger partial charge in [0.2, 0.25) is 17.8 Å². The van der Waals surface area contributed by atoms with Gasteiger partial charge in [0.05, 0.1) is 11.8 Å². The second-order valence-corrected chi connectivity index (χ2v) is 7.97. The fourth-order valence-corrected chi connectivity index (χ4v) is 3.66. The molecule has 17 nitrogen and oxygen atoms in total. The van der Waals surface area contributed by atoms with E-state index >= 15 is 0 Å². The lowest BCUT2D eigenvalue weighted by Gasteiger charge is -2.11. The number of fused-ring (bicyclic) bond motifs is 3. The van der Waals surface area contributed by atoms with E-state index in [-0.39, 0.29) is 34.2 Å². The molecular formula is C21H16N14O3. The van der Waals surface area contributed by atoms with Crippen molar-refractivity contribution in [1.82, 2.24) is 44.9 Å². The third-order valence-electron chi connectivity index (χ3n) is 5.39. The van der Waals surface area contributed by atoms with Crippen LogP contribution in [0.3, 0.4) is 0 Å². The van der Waals surface area contributed by atoms with E-state index in [1.54, 1.807) is 24.3 Å². The van der Waals surface area contributed by atoms with E-state index in [1.165, 1.54) is 13.3 Å². The number of aromatic amines is 4. The van der Waals surface area contributed by atoms with Crippen molar-refractivity contribution in [3.05, 3.63) is 57.4 Å². The first-order chi connectivity index (χ1) is 18.4. The molecule has 0 spiro atoms. The van der Waals surface area contributed by atoms with Gasteiger partial charge < -0.3 is 15.7 Å². The number of nitrogens with zero attached hydrogens (tertiary/aromatic N) is 8. The fourth-order valence-electron chi connectivity index (χ4n) is 3.66. The second-order valence-electron chi connectivity index (χ2n) is 7.97.